The third-order valence-corrected chi connectivity index (χ3v) is 5.61. The van der Waals surface area contributed by atoms with Crippen LogP contribution in [-0.4, -0.2) is 37.0 Å². The number of nitrogens with one attached hydrogen (secondary N) is 1. The highest BCUT2D eigenvalue weighted by molar-refractivity contribution is 5.93. The van der Waals surface area contributed by atoms with Gasteiger partial charge < -0.3 is 10.2 Å². The zero-order chi connectivity index (χ0) is 20.1. The zero-order valence-electron chi connectivity index (χ0n) is 17.0. The molecule has 1 N–H and O–H groups in total. The molecule has 1 amide bonds. The van der Waals surface area contributed by atoms with E-state index in [9.17, 15) is 9.18 Å². The summed E-state index contributed by atoms with van der Waals surface area (Å²) in [5.74, 6) is -0.280. The molecule has 1 unspecified atom stereocenters. The molecule has 2 aromatic carbocycles. The maximum absolute atomic E-state index is 13.2. The van der Waals surface area contributed by atoms with Crippen LogP contribution in [-0.2, 0) is 4.79 Å². The van der Waals surface area contributed by atoms with Gasteiger partial charge in [-0.05, 0) is 74.7 Å². The molecule has 0 aliphatic carbocycles. The van der Waals surface area contributed by atoms with Crippen LogP contribution < -0.4 is 10.2 Å². The number of nitrogens with zero attached hydrogens (tertiary/aromatic N) is 2. The van der Waals surface area contributed by atoms with Gasteiger partial charge in [0.1, 0.15) is 5.82 Å². The summed E-state index contributed by atoms with van der Waals surface area (Å²) in [5.41, 5.74) is 4.17. The van der Waals surface area contributed by atoms with Crippen molar-refractivity contribution in [3.05, 3.63) is 59.4 Å². The van der Waals surface area contributed by atoms with Crippen LogP contribution in [0.3, 0.4) is 0 Å². The SMILES string of the molecule is CCN(CC(=O)Nc1ccc(N2CCCC2)cc1C)C(C)c1ccc(F)cc1. The van der Waals surface area contributed by atoms with Crippen LogP contribution in [0.15, 0.2) is 42.5 Å². The van der Waals surface area contributed by atoms with Crippen LogP contribution in [0.2, 0.25) is 0 Å². The van der Waals surface area contributed by atoms with Gasteiger partial charge in [-0.15, -0.1) is 0 Å². The van der Waals surface area contributed by atoms with Gasteiger partial charge in [0.15, 0.2) is 0 Å². The number of hydrogen-bond acceptors (Lipinski definition) is 3. The first-order chi connectivity index (χ1) is 13.5. The first kappa shape index (κ1) is 20.3. The molecule has 4 nitrogen and oxygen atoms in total. The second-order valence-electron chi connectivity index (χ2n) is 7.53. The molecule has 2 aromatic rings. The highest BCUT2D eigenvalue weighted by Gasteiger charge is 2.18. The topological polar surface area (TPSA) is 35.6 Å². The Bertz CT molecular complexity index is 800. The standard InChI is InChI=1S/C23H30FN3O/c1-4-26(18(3)19-7-9-20(24)10-8-19)16-23(28)25-22-12-11-21(15-17(22)2)27-13-5-6-14-27/h7-12,15,18H,4-6,13-14,16H2,1-3H3,(H,25,28). The van der Waals surface area contributed by atoms with Crippen molar-refractivity contribution in [1.29, 1.82) is 0 Å². The molecule has 28 heavy (non-hydrogen) atoms. The first-order valence-corrected chi connectivity index (χ1v) is 10.1. The van der Waals surface area contributed by atoms with E-state index in [1.54, 1.807) is 12.1 Å². The summed E-state index contributed by atoms with van der Waals surface area (Å²) in [5, 5.41) is 3.05. The minimum absolute atomic E-state index is 0.0344. The van der Waals surface area contributed by atoms with E-state index in [2.05, 4.69) is 27.2 Å². The van der Waals surface area contributed by atoms with Crippen LogP contribution in [0.1, 0.15) is 43.9 Å². The van der Waals surface area contributed by atoms with Crippen molar-refractivity contribution in [1.82, 2.24) is 4.90 Å². The minimum atomic E-state index is -0.246. The molecule has 1 aliphatic heterocycles. The number of hydrogen-bond donors (Lipinski definition) is 1. The van der Waals surface area contributed by atoms with E-state index in [4.69, 9.17) is 0 Å². The fourth-order valence-electron chi connectivity index (χ4n) is 3.81. The predicted octanol–water partition coefficient (Wildman–Crippen LogP) is 4.76. The molecule has 0 spiro atoms. The van der Waals surface area contributed by atoms with Crippen LogP contribution in [0.25, 0.3) is 0 Å². The number of amides is 1. The monoisotopic (exact) mass is 383 g/mol. The first-order valence-electron chi connectivity index (χ1n) is 10.1. The summed E-state index contributed by atoms with van der Waals surface area (Å²) < 4.78 is 13.2. The Balaban J connectivity index is 1.62. The third kappa shape index (κ3) is 4.90. The van der Waals surface area contributed by atoms with Gasteiger partial charge in [0.05, 0.1) is 6.54 Å². The molecule has 150 valence electrons. The fourth-order valence-corrected chi connectivity index (χ4v) is 3.81. The maximum atomic E-state index is 13.2. The van der Waals surface area contributed by atoms with Gasteiger partial charge in [-0.1, -0.05) is 19.1 Å². The lowest BCUT2D eigenvalue weighted by Gasteiger charge is -2.27. The van der Waals surface area contributed by atoms with Gasteiger partial charge >= 0.3 is 0 Å². The number of aryl methyl sites for hydroxylation is 1. The van der Waals surface area contributed by atoms with Crippen molar-refractivity contribution < 1.29 is 9.18 Å². The van der Waals surface area contributed by atoms with Crippen molar-refractivity contribution >= 4 is 17.3 Å². The average molecular weight is 384 g/mol. The van der Waals surface area contributed by atoms with Crippen molar-refractivity contribution in [2.24, 2.45) is 0 Å². The van der Waals surface area contributed by atoms with E-state index in [1.165, 1.54) is 30.7 Å². The summed E-state index contributed by atoms with van der Waals surface area (Å²) in [6.45, 7) is 9.36. The predicted molar refractivity (Wildman–Crippen MR) is 113 cm³/mol. The van der Waals surface area contributed by atoms with Crippen LogP contribution in [0.5, 0.6) is 0 Å². The molecule has 1 fully saturated rings. The number of carbonyl (C=O) groups is 1. The van der Waals surface area contributed by atoms with Crippen molar-refractivity contribution in [3.8, 4) is 0 Å². The highest BCUT2D eigenvalue weighted by Crippen LogP contribution is 2.26. The largest absolute Gasteiger partial charge is 0.372 e. The number of rotatable bonds is 7. The smallest absolute Gasteiger partial charge is 0.238 e. The van der Waals surface area contributed by atoms with E-state index >= 15 is 0 Å². The number of anilines is 2. The Hall–Kier alpha value is -2.40. The summed E-state index contributed by atoms with van der Waals surface area (Å²) >= 11 is 0. The van der Waals surface area contributed by atoms with Crippen molar-refractivity contribution in [2.45, 2.75) is 39.7 Å². The molecule has 1 aliphatic rings. The molecule has 0 bridgehead atoms. The van der Waals surface area contributed by atoms with E-state index in [0.29, 0.717) is 6.54 Å². The number of halogens is 1. The molecule has 1 atom stereocenters. The molecule has 5 heteroatoms. The number of likely N-dealkylation sites (N-methyl/N-ethyl adjacent to an activating group) is 1. The van der Waals surface area contributed by atoms with Gasteiger partial charge in [-0.3, -0.25) is 9.69 Å². The molecule has 0 saturated carbocycles. The zero-order valence-corrected chi connectivity index (χ0v) is 17.0. The highest BCUT2D eigenvalue weighted by atomic mass is 19.1. The molecule has 0 aromatic heterocycles. The van der Waals surface area contributed by atoms with Gasteiger partial charge in [0, 0.05) is 30.5 Å². The quantitative estimate of drug-likeness (QED) is 0.749. The Kier molecular flexibility index (Phi) is 6.68. The molecular weight excluding hydrogens is 353 g/mol. The summed E-state index contributed by atoms with van der Waals surface area (Å²) in [7, 11) is 0. The summed E-state index contributed by atoms with van der Waals surface area (Å²) in [6, 6.07) is 12.8. The van der Waals surface area contributed by atoms with E-state index < -0.39 is 0 Å². The lowest BCUT2D eigenvalue weighted by Crippen LogP contribution is -2.35. The minimum Gasteiger partial charge on any atom is -0.372 e. The van der Waals surface area contributed by atoms with E-state index in [-0.39, 0.29) is 17.8 Å². The lowest BCUT2D eigenvalue weighted by atomic mass is 10.1. The Morgan fingerprint density at radius 3 is 2.46 bits per heavy atom. The average Bonchev–Trinajstić information content (AvgIpc) is 3.22. The van der Waals surface area contributed by atoms with Crippen molar-refractivity contribution in [3.63, 3.8) is 0 Å². The second kappa shape index (κ2) is 9.20. The maximum Gasteiger partial charge on any atom is 0.238 e. The Morgan fingerprint density at radius 1 is 1.18 bits per heavy atom. The van der Waals surface area contributed by atoms with Crippen LogP contribution in [0, 0.1) is 12.7 Å². The number of benzene rings is 2. The van der Waals surface area contributed by atoms with Gasteiger partial charge in [0.2, 0.25) is 5.91 Å². The van der Waals surface area contributed by atoms with Gasteiger partial charge in [-0.25, -0.2) is 4.39 Å². The normalized spacial score (nSPS) is 15.1. The molecule has 1 saturated heterocycles. The second-order valence-corrected chi connectivity index (χ2v) is 7.53. The molecular formula is C23H30FN3O. The molecule has 0 radical (unpaired) electrons. The van der Waals surface area contributed by atoms with Gasteiger partial charge in [-0.2, -0.15) is 0 Å². The van der Waals surface area contributed by atoms with Gasteiger partial charge in [0.25, 0.3) is 0 Å². The van der Waals surface area contributed by atoms with E-state index in [1.807, 2.05) is 26.8 Å². The Labute approximate surface area is 167 Å². The summed E-state index contributed by atoms with van der Waals surface area (Å²) in [4.78, 5) is 17.1. The van der Waals surface area contributed by atoms with Crippen LogP contribution >= 0.6 is 0 Å². The van der Waals surface area contributed by atoms with E-state index in [0.717, 1.165) is 36.4 Å². The summed E-state index contributed by atoms with van der Waals surface area (Å²) in [6.07, 6.45) is 2.49. The number of carbonyl (C=O) groups excluding carboxylic acids is 1. The fraction of sp³-hybridized carbons (Fsp3) is 0.435. The lowest BCUT2D eigenvalue weighted by molar-refractivity contribution is -0.117. The van der Waals surface area contributed by atoms with Crippen molar-refractivity contribution in [2.75, 3.05) is 36.4 Å². The van der Waals surface area contributed by atoms with Crippen LogP contribution in [0.4, 0.5) is 15.8 Å². The molecule has 1 heterocycles. The molecule has 3 rings (SSSR count). The Morgan fingerprint density at radius 2 is 1.86 bits per heavy atom. The third-order valence-electron chi connectivity index (χ3n) is 5.61.